The first-order chi connectivity index (χ1) is 12.5. The Labute approximate surface area is 150 Å². The van der Waals surface area contributed by atoms with E-state index < -0.39 is 17.5 Å². The molecule has 1 aliphatic heterocycles. The van der Waals surface area contributed by atoms with E-state index >= 15 is 0 Å². The van der Waals surface area contributed by atoms with E-state index in [9.17, 15) is 14.3 Å². The summed E-state index contributed by atoms with van der Waals surface area (Å²) in [5.74, 6) is -1.22. The van der Waals surface area contributed by atoms with Gasteiger partial charge in [-0.2, -0.15) is 0 Å². The molecule has 0 unspecified atom stereocenters. The van der Waals surface area contributed by atoms with Gasteiger partial charge in [-0.05, 0) is 37.1 Å². The highest BCUT2D eigenvalue weighted by Gasteiger charge is 2.47. The zero-order valence-corrected chi connectivity index (χ0v) is 14.5. The molecule has 7 heteroatoms. The third-order valence-electron chi connectivity index (χ3n) is 5.31. The fraction of sp³-hybridized carbons (Fsp3) is 0.368. The molecule has 1 saturated carbocycles. The predicted octanol–water partition coefficient (Wildman–Crippen LogP) is 3.18. The van der Waals surface area contributed by atoms with E-state index in [1.54, 1.807) is 12.3 Å². The van der Waals surface area contributed by atoms with Gasteiger partial charge in [0.05, 0.1) is 19.0 Å². The minimum absolute atomic E-state index is 0.0518. The van der Waals surface area contributed by atoms with Crippen LogP contribution in [0, 0.1) is 11.2 Å². The lowest BCUT2D eigenvalue weighted by Crippen LogP contribution is -2.60. The molecule has 1 aromatic carbocycles. The molecule has 26 heavy (non-hydrogen) atoms. The number of nitrogens with zero attached hydrogens (tertiary/aromatic N) is 2. The van der Waals surface area contributed by atoms with E-state index in [4.69, 9.17) is 4.74 Å². The summed E-state index contributed by atoms with van der Waals surface area (Å²) >= 11 is 0. The average Bonchev–Trinajstić information content (AvgIpc) is 2.56. The number of aromatic hydroxyl groups is 1. The Hall–Kier alpha value is -2.83. The molecule has 2 heterocycles. The molecule has 0 atom stereocenters. The average molecular weight is 357 g/mol. The van der Waals surface area contributed by atoms with Gasteiger partial charge >= 0.3 is 0 Å². The van der Waals surface area contributed by atoms with Crippen LogP contribution in [-0.2, 0) is 0 Å². The van der Waals surface area contributed by atoms with Gasteiger partial charge in [-0.3, -0.25) is 4.79 Å². The zero-order valence-electron chi connectivity index (χ0n) is 14.5. The molecule has 1 amide bonds. The monoisotopic (exact) mass is 357 g/mol. The molecule has 1 aromatic heterocycles. The Kier molecular flexibility index (Phi) is 3.94. The summed E-state index contributed by atoms with van der Waals surface area (Å²) in [6, 6.07) is 5.90. The molecule has 1 spiro atoms. The number of anilines is 2. The number of hydrogen-bond acceptors (Lipinski definition) is 5. The summed E-state index contributed by atoms with van der Waals surface area (Å²) in [6.45, 7) is 2.11. The molecule has 2 N–H and O–H groups in total. The molecule has 1 aliphatic carbocycles. The molecule has 6 nitrogen and oxygen atoms in total. The smallest absolute Gasteiger partial charge is 0.255 e. The number of nitrogens with one attached hydrogen (secondary N) is 1. The van der Waals surface area contributed by atoms with Crippen LogP contribution in [0.3, 0.4) is 0 Å². The van der Waals surface area contributed by atoms with E-state index in [2.05, 4.69) is 15.2 Å². The van der Waals surface area contributed by atoms with Crippen LogP contribution in [0.1, 0.15) is 29.6 Å². The molecule has 136 valence electrons. The van der Waals surface area contributed by atoms with Gasteiger partial charge in [0, 0.05) is 24.1 Å². The summed E-state index contributed by atoms with van der Waals surface area (Å²) < 4.78 is 18.6. The van der Waals surface area contributed by atoms with Crippen molar-refractivity contribution in [1.82, 2.24) is 4.98 Å². The second-order valence-corrected chi connectivity index (χ2v) is 7.08. The molecule has 0 radical (unpaired) electrons. The van der Waals surface area contributed by atoms with Crippen LogP contribution in [0.2, 0.25) is 0 Å². The quantitative estimate of drug-likeness (QED) is 0.879. The fourth-order valence-electron chi connectivity index (χ4n) is 3.63. The molecule has 0 bridgehead atoms. The first-order valence-corrected chi connectivity index (χ1v) is 8.59. The van der Waals surface area contributed by atoms with Crippen LogP contribution in [-0.4, -0.2) is 36.2 Å². The number of halogens is 1. The summed E-state index contributed by atoms with van der Waals surface area (Å²) in [6.07, 6.45) is 5.54. The highest BCUT2D eigenvalue weighted by Crippen LogP contribution is 2.49. The lowest BCUT2D eigenvalue weighted by Gasteiger charge is -2.56. The molecule has 4 rings (SSSR count). The zero-order chi connectivity index (χ0) is 18.3. The number of hydrogen-bond donors (Lipinski definition) is 2. The van der Waals surface area contributed by atoms with Crippen molar-refractivity contribution >= 4 is 17.4 Å². The highest BCUT2D eigenvalue weighted by atomic mass is 19.1. The predicted molar refractivity (Wildman–Crippen MR) is 95.3 cm³/mol. The van der Waals surface area contributed by atoms with Gasteiger partial charge in [0.25, 0.3) is 5.91 Å². The summed E-state index contributed by atoms with van der Waals surface area (Å²) in [5.41, 5.74) is 1.09. The van der Waals surface area contributed by atoms with Gasteiger partial charge in [-0.25, -0.2) is 9.37 Å². The number of phenolic OH excluding ortho intramolecular Hbond substituents is 1. The van der Waals surface area contributed by atoms with Gasteiger partial charge in [0.15, 0.2) is 17.3 Å². The molecule has 2 fully saturated rings. The standard InChI is InChI=1S/C19H20FN3O3/c1-26-15-8-12(7-14(20)17(15)24)18(25)22-13-3-4-16(21-9-13)23-10-19(11-23)5-2-6-19/h3-4,7-9,24H,2,5-6,10-11H2,1H3,(H,22,25). The number of ether oxygens (including phenoxy) is 1. The highest BCUT2D eigenvalue weighted by molar-refractivity contribution is 6.04. The number of carbonyl (C=O) groups excluding carboxylic acids is 1. The van der Waals surface area contributed by atoms with Crippen LogP contribution in [0.15, 0.2) is 30.5 Å². The van der Waals surface area contributed by atoms with Crippen LogP contribution < -0.4 is 15.0 Å². The summed E-state index contributed by atoms with van der Waals surface area (Å²) in [5, 5.41) is 12.2. The first-order valence-electron chi connectivity index (χ1n) is 8.59. The number of amides is 1. The van der Waals surface area contributed by atoms with Crippen molar-refractivity contribution in [3.05, 3.63) is 41.8 Å². The minimum atomic E-state index is -0.911. The fourth-order valence-corrected chi connectivity index (χ4v) is 3.63. The number of phenols is 1. The van der Waals surface area contributed by atoms with Crippen molar-refractivity contribution in [2.75, 3.05) is 30.4 Å². The third kappa shape index (κ3) is 2.83. The molecule has 2 aromatic rings. The first kappa shape index (κ1) is 16.6. The topological polar surface area (TPSA) is 74.7 Å². The maximum atomic E-state index is 13.7. The van der Waals surface area contributed by atoms with Gasteiger partial charge in [-0.15, -0.1) is 0 Å². The van der Waals surface area contributed by atoms with Crippen LogP contribution in [0.25, 0.3) is 0 Å². The number of rotatable bonds is 4. The van der Waals surface area contributed by atoms with Crippen LogP contribution >= 0.6 is 0 Å². The number of pyridine rings is 1. The second kappa shape index (κ2) is 6.16. The Morgan fingerprint density at radius 1 is 1.35 bits per heavy atom. The normalized spacial score (nSPS) is 17.4. The van der Waals surface area contributed by atoms with Gasteiger partial charge in [0.1, 0.15) is 5.82 Å². The molecular weight excluding hydrogens is 337 g/mol. The molecule has 1 saturated heterocycles. The second-order valence-electron chi connectivity index (χ2n) is 7.08. The lowest BCUT2D eigenvalue weighted by atomic mass is 9.63. The van der Waals surface area contributed by atoms with Crippen molar-refractivity contribution in [1.29, 1.82) is 0 Å². The van der Waals surface area contributed by atoms with E-state index in [1.807, 2.05) is 6.07 Å². The minimum Gasteiger partial charge on any atom is -0.502 e. The maximum Gasteiger partial charge on any atom is 0.255 e. The maximum absolute atomic E-state index is 13.7. The van der Waals surface area contributed by atoms with E-state index in [1.165, 1.54) is 32.4 Å². The van der Waals surface area contributed by atoms with Gasteiger partial charge in [0.2, 0.25) is 0 Å². The summed E-state index contributed by atoms with van der Waals surface area (Å²) in [7, 11) is 1.29. The third-order valence-corrected chi connectivity index (χ3v) is 5.31. The number of benzene rings is 1. The SMILES string of the molecule is COc1cc(C(=O)Nc2ccc(N3CC4(CCC4)C3)nc2)cc(F)c1O. The largest absolute Gasteiger partial charge is 0.502 e. The van der Waals surface area contributed by atoms with Gasteiger partial charge in [-0.1, -0.05) is 6.42 Å². The van der Waals surface area contributed by atoms with E-state index in [0.29, 0.717) is 11.1 Å². The Morgan fingerprint density at radius 2 is 2.12 bits per heavy atom. The van der Waals surface area contributed by atoms with Crippen molar-refractivity contribution in [3.8, 4) is 11.5 Å². The summed E-state index contributed by atoms with van der Waals surface area (Å²) in [4.78, 5) is 19.0. The Balaban J connectivity index is 1.42. The van der Waals surface area contributed by atoms with Crippen LogP contribution in [0.5, 0.6) is 11.5 Å². The van der Waals surface area contributed by atoms with Crippen LogP contribution in [0.4, 0.5) is 15.9 Å². The Bertz CT molecular complexity index is 842. The number of methoxy groups -OCH3 is 1. The lowest BCUT2D eigenvalue weighted by molar-refractivity contribution is 0.0896. The van der Waals surface area contributed by atoms with E-state index in [-0.39, 0.29) is 11.3 Å². The number of aromatic nitrogens is 1. The number of carbonyl (C=O) groups is 1. The van der Waals surface area contributed by atoms with Crippen molar-refractivity contribution in [3.63, 3.8) is 0 Å². The molecular formula is C19H20FN3O3. The van der Waals surface area contributed by atoms with Crippen molar-refractivity contribution in [2.45, 2.75) is 19.3 Å². The van der Waals surface area contributed by atoms with Crippen molar-refractivity contribution in [2.24, 2.45) is 5.41 Å². The van der Waals surface area contributed by atoms with E-state index in [0.717, 1.165) is 25.0 Å². The van der Waals surface area contributed by atoms with Gasteiger partial charge < -0.3 is 20.1 Å². The molecule has 2 aliphatic rings. The Morgan fingerprint density at radius 3 is 2.69 bits per heavy atom. The van der Waals surface area contributed by atoms with Crippen molar-refractivity contribution < 1.29 is 19.0 Å².